The van der Waals surface area contributed by atoms with Gasteiger partial charge in [0.15, 0.2) is 0 Å². The number of benzene rings is 1. The van der Waals surface area contributed by atoms with Gasteiger partial charge in [0.1, 0.15) is 5.82 Å². The van der Waals surface area contributed by atoms with Gasteiger partial charge in [-0.3, -0.25) is 0 Å². The molecule has 2 bridgehead atoms. The van der Waals surface area contributed by atoms with Crippen molar-refractivity contribution >= 4 is 15.9 Å². The zero-order chi connectivity index (χ0) is 12.7. The molecule has 98 valence electrons. The van der Waals surface area contributed by atoms with Gasteiger partial charge in [-0.25, -0.2) is 4.39 Å². The highest BCUT2D eigenvalue weighted by molar-refractivity contribution is 9.10. The quantitative estimate of drug-likeness (QED) is 0.874. The zero-order valence-electron chi connectivity index (χ0n) is 10.3. The Labute approximate surface area is 116 Å². The summed E-state index contributed by atoms with van der Waals surface area (Å²) in [4.78, 5) is 0. The van der Waals surface area contributed by atoms with Gasteiger partial charge in [-0.1, -0.05) is 22.4 Å². The summed E-state index contributed by atoms with van der Waals surface area (Å²) in [6.07, 6.45) is 5.29. The van der Waals surface area contributed by atoms with Crippen molar-refractivity contribution in [3.8, 4) is 0 Å². The van der Waals surface area contributed by atoms with Crippen LogP contribution in [0, 0.1) is 23.6 Å². The van der Waals surface area contributed by atoms with Gasteiger partial charge in [0.05, 0.1) is 6.10 Å². The van der Waals surface area contributed by atoms with E-state index in [1.54, 1.807) is 12.1 Å². The van der Waals surface area contributed by atoms with E-state index >= 15 is 0 Å². The van der Waals surface area contributed by atoms with Gasteiger partial charge < -0.3 is 5.11 Å². The molecule has 0 saturated heterocycles. The fraction of sp³-hybridized carbons (Fsp3) is 0.600. The zero-order valence-corrected chi connectivity index (χ0v) is 11.9. The molecule has 2 aliphatic rings. The van der Waals surface area contributed by atoms with Crippen LogP contribution >= 0.6 is 15.9 Å². The third-order valence-electron chi connectivity index (χ3n) is 4.73. The van der Waals surface area contributed by atoms with E-state index in [-0.39, 0.29) is 5.82 Å². The van der Waals surface area contributed by atoms with E-state index in [0.717, 1.165) is 16.3 Å². The molecule has 4 unspecified atom stereocenters. The highest BCUT2D eigenvalue weighted by atomic mass is 79.9. The van der Waals surface area contributed by atoms with Crippen LogP contribution < -0.4 is 0 Å². The molecule has 3 rings (SSSR count). The molecule has 2 aliphatic carbocycles. The van der Waals surface area contributed by atoms with Crippen molar-refractivity contribution in [1.29, 1.82) is 0 Å². The normalized spacial score (nSPS) is 31.8. The molecule has 1 N–H and O–H groups in total. The molecule has 3 heteroatoms. The molecule has 2 fully saturated rings. The SMILES string of the molecule is OC(CC1CC2CCC1C2)c1cc(Br)ccc1F. The molecule has 1 nitrogen and oxygen atoms in total. The van der Waals surface area contributed by atoms with Crippen molar-refractivity contribution in [3.63, 3.8) is 0 Å². The Kier molecular flexibility index (Phi) is 3.46. The van der Waals surface area contributed by atoms with Gasteiger partial charge >= 0.3 is 0 Å². The summed E-state index contributed by atoms with van der Waals surface area (Å²) in [7, 11) is 0. The Balaban J connectivity index is 1.71. The van der Waals surface area contributed by atoms with E-state index < -0.39 is 6.10 Å². The van der Waals surface area contributed by atoms with Crippen LogP contribution in [-0.4, -0.2) is 5.11 Å². The third kappa shape index (κ3) is 2.35. The molecule has 0 radical (unpaired) electrons. The van der Waals surface area contributed by atoms with Gasteiger partial charge in [0, 0.05) is 10.0 Å². The number of aliphatic hydroxyl groups is 1. The average molecular weight is 313 g/mol. The number of rotatable bonds is 3. The van der Waals surface area contributed by atoms with E-state index in [4.69, 9.17) is 0 Å². The topological polar surface area (TPSA) is 20.2 Å². The van der Waals surface area contributed by atoms with Crippen molar-refractivity contribution in [2.45, 2.75) is 38.2 Å². The van der Waals surface area contributed by atoms with Gasteiger partial charge in [0.2, 0.25) is 0 Å². The first-order valence-electron chi connectivity index (χ1n) is 6.76. The third-order valence-corrected chi connectivity index (χ3v) is 5.22. The molecule has 0 heterocycles. The highest BCUT2D eigenvalue weighted by Crippen LogP contribution is 2.51. The molecule has 0 spiro atoms. The van der Waals surface area contributed by atoms with Crippen molar-refractivity contribution < 1.29 is 9.50 Å². The van der Waals surface area contributed by atoms with Crippen molar-refractivity contribution in [1.82, 2.24) is 0 Å². The summed E-state index contributed by atoms with van der Waals surface area (Å²) in [6.45, 7) is 0. The summed E-state index contributed by atoms with van der Waals surface area (Å²) >= 11 is 3.33. The van der Waals surface area contributed by atoms with Crippen LogP contribution in [0.5, 0.6) is 0 Å². The first-order valence-corrected chi connectivity index (χ1v) is 7.56. The molecule has 2 saturated carbocycles. The van der Waals surface area contributed by atoms with Gasteiger partial charge in [-0.15, -0.1) is 0 Å². The van der Waals surface area contributed by atoms with Crippen LogP contribution in [0.1, 0.15) is 43.8 Å². The minimum absolute atomic E-state index is 0.297. The second kappa shape index (κ2) is 4.93. The van der Waals surface area contributed by atoms with E-state index in [0.29, 0.717) is 17.9 Å². The molecule has 0 aliphatic heterocycles. The van der Waals surface area contributed by atoms with E-state index in [9.17, 15) is 9.50 Å². The van der Waals surface area contributed by atoms with E-state index in [1.807, 2.05) is 0 Å². The Bertz CT molecular complexity index is 448. The largest absolute Gasteiger partial charge is 0.388 e. The fourth-order valence-electron chi connectivity index (χ4n) is 3.85. The lowest BCUT2D eigenvalue weighted by Gasteiger charge is -2.24. The monoisotopic (exact) mass is 312 g/mol. The minimum atomic E-state index is -0.660. The lowest BCUT2D eigenvalue weighted by atomic mass is 9.83. The lowest BCUT2D eigenvalue weighted by Crippen LogP contribution is -2.15. The van der Waals surface area contributed by atoms with Crippen LogP contribution in [0.25, 0.3) is 0 Å². The second-order valence-corrected chi connectivity index (χ2v) is 6.77. The molecule has 1 aromatic carbocycles. The van der Waals surface area contributed by atoms with Crippen LogP contribution in [-0.2, 0) is 0 Å². The summed E-state index contributed by atoms with van der Waals surface area (Å²) < 4.78 is 14.5. The maximum atomic E-state index is 13.7. The molecular formula is C15H18BrFO. The lowest BCUT2D eigenvalue weighted by molar-refractivity contribution is 0.122. The molecule has 1 aromatic rings. The standard InChI is InChI=1S/C15H18BrFO/c16-12-3-4-14(17)13(8-12)15(18)7-11-6-9-1-2-10(11)5-9/h3-4,8-11,15,18H,1-2,5-7H2. The molecule has 0 amide bonds. The summed E-state index contributed by atoms with van der Waals surface area (Å²) in [5, 5.41) is 10.3. The van der Waals surface area contributed by atoms with Crippen molar-refractivity contribution in [2.24, 2.45) is 17.8 Å². The maximum Gasteiger partial charge on any atom is 0.129 e. The summed E-state index contributed by atoms with van der Waals surface area (Å²) in [6, 6.07) is 4.79. The number of aliphatic hydroxyl groups excluding tert-OH is 1. The van der Waals surface area contributed by atoms with Gasteiger partial charge in [-0.05, 0) is 61.6 Å². The number of fused-ring (bicyclic) bond motifs is 2. The minimum Gasteiger partial charge on any atom is -0.388 e. The number of halogens is 2. The number of hydrogen-bond acceptors (Lipinski definition) is 1. The van der Waals surface area contributed by atoms with E-state index in [1.165, 1.54) is 31.7 Å². The molecule has 18 heavy (non-hydrogen) atoms. The Morgan fingerprint density at radius 1 is 1.33 bits per heavy atom. The highest BCUT2D eigenvalue weighted by Gasteiger charge is 2.40. The Hall–Kier alpha value is -0.410. The first kappa shape index (κ1) is 12.6. The van der Waals surface area contributed by atoms with Crippen molar-refractivity contribution in [3.05, 3.63) is 34.1 Å². The smallest absolute Gasteiger partial charge is 0.129 e. The van der Waals surface area contributed by atoms with Crippen LogP contribution in [0.15, 0.2) is 22.7 Å². The number of hydrogen-bond donors (Lipinski definition) is 1. The molecule has 4 atom stereocenters. The summed E-state index contributed by atoms with van der Waals surface area (Å²) in [5.74, 6) is 1.95. The van der Waals surface area contributed by atoms with E-state index in [2.05, 4.69) is 15.9 Å². The second-order valence-electron chi connectivity index (χ2n) is 5.85. The average Bonchev–Trinajstić information content (AvgIpc) is 2.94. The molecule has 0 aromatic heterocycles. The predicted molar refractivity (Wildman–Crippen MR) is 72.6 cm³/mol. The summed E-state index contributed by atoms with van der Waals surface area (Å²) in [5.41, 5.74) is 0.437. The first-order chi connectivity index (χ1) is 8.63. The molecular weight excluding hydrogens is 295 g/mol. The fourth-order valence-corrected chi connectivity index (χ4v) is 4.23. The predicted octanol–water partition coefficient (Wildman–Crippen LogP) is 4.45. The maximum absolute atomic E-state index is 13.7. The van der Waals surface area contributed by atoms with Gasteiger partial charge in [0.25, 0.3) is 0 Å². The van der Waals surface area contributed by atoms with Crippen molar-refractivity contribution in [2.75, 3.05) is 0 Å². The Morgan fingerprint density at radius 3 is 2.83 bits per heavy atom. The van der Waals surface area contributed by atoms with Crippen LogP contribution in [0.3, 0.4) is 0 Å². The Morgan fingerprint density at radius 2 is 2.17 bits per heavy atom. The van der Waals surface area contributed by atoms with Gasteiger partial charge in [-0.2, -0.15) is 0 Å². The van der Waals surface area contributed by atoms with Crippen LogP contribution in [0.2, 0.25) is 0 Å². The van der Waals surface area contributed by atoms with Crippen LogP contribution in [0.4, 0.5) is 4.39 Å².